The maximum Gasteiger partial charge on any atom is 0.0998 e. The van der Waals surface area contributed by atoms with Gasteiger partial charge in [-0.1, -0.05) is 103 Å². The number of nitriles is 2. The Bertz CT molecular complexity index is 2760. The molecule has 0 aliphatic carbocycles. The first-order chi connectivity index (χ1) is 23.7. The third-order valence-corrected chi connectivity index (χ3v) is 9.40. The predicted molar refractivity (Wildman–Crippen MR) is 195 cm³/mol. The van der Waals surface area contributed by atoms with Crippen LogP contribution in [0.5, 0.6) is 0 Å². The van der Waals surface area contributed by atoms with Gasteiger partial charge in [-0.2, -0.15) is 10.5 Å². The zero-order chi connectivity index (χ0) is 32.2. The van der Waals surface area contributed by atoms with Crippen molar-refractivity contribution in [3.05, 3.63) is 169 Å². The van der Waals surface area contributed by atoms with E-state index in [-0.39, 0.29) is 0 Å². The van der Waals surface area contributed by atoms with Crippen molar-refractivity contribution < 1.29 is 0 Å². The largest absolute Gasteiger partial charge is 0.309 e. The van der Waals surface area contributed by atoms with E-state index in [2.05, 4.69) is 137 Å². The lowest BCUT2D eigenvalue weighted by atomic mass is 9.90. The molecule has 0 amide bonds. The van der Waals surface area contributed by atoms with Crippen LogP contribution in [0.4, 0.5) is 0 Å². The second-order valence-electron chi connectivity index (χ2n) is 12.0. The minimum absolute atomic E-state index is 0.607. The third-order valence-electron chi connectivity index (χ3n) is 9.40. The van der Waals surface area contributed by atoms with Gasteiger partial charge >= 0.3 is 0 Å². The molecule has 0 unspecified atom stereocenters. The van der Waals surface area contributed by atoms with Gasteiger partial charge in [-0.05, 0) is 65.7 Å². The van der Waals surface area contributed by atoms with Gasteiger partial charge in [-0.25, -0.2) is 0 Å². The molecular formula is C44H26N4. The number of nitrogens with zero attached hydrogens (tertiary/aromatic N) is 4. The van der Waals surface area contributed by atoms with E-state index in [9.17, 15) is 10.5 Å². The molecule has 9 rings (SSSR count). The van der Waals surface area contributed by atoms with Crippen molar-refractivity contribution in [2.75, 3.05) is 0 Å². The minimum atomic E-state index is 0.607. The SMILES string of the molecule is N#Cc1ccc2c3ccccc3n(-c3cccc(-c4c(C#N)cccc4-c4ccccc4-n4c5ccccc5c5ccccc54)c3)c2c1. The fraction of sp³-hybridized carbons (Fsp3) is 0. The maximum atomic E-state index is 10.5. The standard InChI is InChI=1S/C44H26N4/c45-27-29-23-24-37-35-16-1-5-19-39(35)47(43(37)25-29)32-13-9-11-30(26-32)44-31(28-46)12-10-18-38(44)36-17-4-8-22-42(36)48-40-20-6-2-14-33(40)34-15-3-7-21-41(34)48/h1-26H. The summed E-state index contributed by atoms with van der Waals surface area (Å²) in [5, 5.41) is 24.8. The van der Waals surface area contributed by atoms with Gasteiger partial charge in [-0.15, -0.1) is 0 Å². The lowest BCUT2D eigenvalue weighted by molar-refractivity contribution is 1.18. The summed E-state index contributed by atoms with van der Waals surface area (Å²) in [6.45, 7) is 0. The number of aromatic nitrogens is 2. The van der Waals surface area contributed by atoms with Gasteiger partial charge in [0.05, 0.1) is 51.0 Å². The molecule has 222 valence electrons. The summed E-state index contributed by atoms with van der Waals surface area (Å²) in [5.74, 6) is 0. The molecule has 0 fully saturated rings. The minimum Gasteiger partial charge on any atom is -0.309 e. The van der Waals surface area contributed by atoms with Crippen molar-refractivity contribution >= 4 is 43.6 Å². The molecule has 0 saturated heterocycles. The van der Waals surface area contributed by atoms with E-state index in [0.29, 0.717) is 11.1 Å². The number of para-hydroxylation sites is 4. The van der Waals surface area contributed by atoms with E-state index in [1.165, 1.54) is 10.8 Å². The molecule has 0 radical (unpaired) electrons. The summed E-state index contributed by atoms with van der Waals surface area (Å²) in [7, 11) is 0. The van der Waals surface area contributed by atoms with Crippen LogP contribution in [0.2, 0.25) is 0 Å². The molecule has 2 aromatic heterocycles. The molecule has 0 aliphatic heterocycles. The Labute approximate surface area is 277 Å². The van der Waals surface area contributed by atoms with Crippen molar-refractivity contribution in [2.45, 2.75) is 0 Å². The van der Waals surface area contributed by atoms with Crippen molar-refractivity contribution in [3.63, 3.8) is 0 Å². The molecule has 0 atom stereocenters. The number of fused-ring (bicyclic) bond motifs is 6. The molecule has 0 aliphatic rings. The quantitative estimate of drug-likeness (QED) is 0.199. The summed E-state index contributed by atoms with van der Waals surface area (Å²) in [4.78, 5) is 0. The van der Waals surface area contributed by atoms with Gasteiger partial charge in [0.1, 0.15) is 0 Å². The molecule has 2 heterocycles. The van der Waals surface area contributed by atoms with Crippen LogP contribution in [0, 0.1) is 22.7 Å². The van der Waals surface area contributed by atoms with Crippen LogP contribution in [0.3, 0.4) is 0 Å². The highest BCUT2D eigenvalue weighted by Gasteiger charge is 2.20. The molecule has 7 aromatic carbocycles. The van der Waals surface area contributed by atoms with Gasteiger partial charge in [0.2, 0.25) is 0 Å². The Morgan fingerprint density at radius 1 is 0.417 bits per heavy atom. The maximum absolute atomic E-state index is 10.5. The van der Waals surface area contributed by atoms with Gasteiger partial charge < -0.3 is 9.13 Å². The topological polar surface area (TPSA) is 57.4 Å². The van der Waals surface area contributed by atoms with Gasteiger partial charge in [-0.3, -0.25) is 0 Å². The summed E-state index contributed by atoms with van der Waals surface area (Å²) in [5.41, 5.74) is 11.4. The van der Waals surface area contributed by atoms with Crippen LogP contribution in [0.25, 0.3) is 77.2 Å². The molecule has 4 heteroatoms. The highest BCUT2D eigenvalue weighted by atomic mass is 15.0. The lowest BCUT2D eigenvalue weighted by Crippen LogP contribution is -1.99. The summed E-state index contributed by atoms with van der Waals surface area (Å²) < 4.78 is 4.56. The van der Waals surface area contributed by atoms with Crippen molar-refractivity contribution in [1.29, 1.82) is 10.5 Å². The predicted octanol–water partition coefficient (Wildman–Crippen LogP) is 11.0. The van der Waals surface area contributed by atoms with Crippen LogP contribution >= 0.6 is 0 Å². The van der Waals surface area contributed by atoms with E-state index >= 15 is 0 Å². The average molecular weight is 611 g/mol. The van der Waals surface area contributed by atoms with Crippen molar-refractivity contribution in [1.82, 2.24) is 9.13 Å². The molecule has 9 aromatic rings. The van der Waals surface area contributed by atoms with E-state index in [1.807, 2.05) is 42.5 Å². The number of hydrogen-bond donors (Lipinski definition) is 0. The van der Waals surface area contributed by atoms with E-state index in [4.69, 9.17) is 0 Å². The Morgan fingerprint density at radius 2 is 1.00 bits per heavy atom. The zero-order valence-corrected chi connectivity index (χ0v) is 25.8. The summed E-state index contributed by atoms with van der Waals surface area (Å²) >= 11 is 0. The van der Waals surface area contributed by atoms with E-state index < -0.39 is 0 Å². The van der Waals surface area contributed by atoms with Crippen LogP contribution in [-0.2, 0) is 0 Å². The highest BCUT2D eigenvalue weighted by Crippen LogP contribution is 2.42. The number of hydrogen-bond acceptors (Lipinski definition) is 2. The fourth-order valence-electron chi connectivity index (χ4n) is 7.38. The first-order valence-electron chi connectivity index (χ1n) is 15.9. The van der Waals surface area contributed by atoms with E-state index in [1.54, 1.807) is 0 Å². The van der Waals surface area contributed by atoms with Gasteiger partial charge in [0.25, 0.3) is 0 Å². The lowest BCUT2D eigenvalue weighted by Gasteiger charge is -2.18. The monoisotopic (exact) mass is 610 g/mol. The Kier molecular flexibility index (Phi) is 6.22. The smallest absolute Gasteiger partial charge is 0.0998 e. The Balaban J connectivity index is 1.30. The van der Waals surface area contributed by atoms with Crippen molar-refractivity contribution in [3.8, 4) is 45.8 Å². The summed E-state index contributed by atoms with van der Waals surface area (Å²) in [6, 6.07) is 58.9. The molecule has 0 N–H and O–H groups in total. The molecule has 0 saturated carbocycles. The van der Waals surface area contributed by atoms with Crippen LogP contribution in [-0.4, -0.2) is 9.13 Å². The molecular weight excluding hydrogens is 585 g/mol. The van der Waals surface area contributed by atoms with E-state index in [0.717, 1.165) is 66.5 Å². The molecule has 48 heavy (non-hydrogen) atoms. The van der Waals surface area contributed by atoms with Crippen LogP contribution < -0.4 is 0 Å². The van der Waals surface area contributed by atoms with Gasteiger partial charge in [0, 0.05) is 38.4 Å². The van der Waals surface area contributed by atoms with Crippen LogP contribution in [0.1, 0.15) is 11.1 Å². The number of benzene rings is 7. The third kappa shape index (κ3) is 4.07. The van der Waals surface area contributed by atoms with Crippen molar-refractivity contribution in [2.24, 2.45) is 0 Å². The molecule has 4 nitrogen and oxygen atoms in total. The van der Waals surface area contributed by atoms with Crippen LogP contribution in [0.15, 0.2) is 158 Å². The normalized spacial score (nSPS) is 11.3. The Hall–Kier alpha value is -6.88. The first kappa shape index (κ1) is 27.4. The second kappa shape index (κ2) is 10.9. The highest BCUT2D eigenvalue weighted by molar-refractivity contribution is 6.11. The average Bonchev–Trinajstić information content (AvgIpc) is 3.67. The zero-order valence-electron chi connectivity index (χ0n) is 25.8. The fourth-order valence-corrected chi connectivity index (χ4v) is 7.38. The van der Waals surface area contributed by atoms with Gasteiger partial charge in [0.15, 0.2) is 0 Å². The first-order valence-corrected chi connectivity index (χ1v) is 15.9. The molecule has 0 bridgehead atoms. The summed E-state index contributed by atoms with van der Waals surface area (Å²) in [6.07, 6.45) is 0. The number of rotatable bonds is 4. The second-order valence-corrected chi connectivity index (χ2v) is 12.0. The Morgan fingerprint density at radius 3 is 1.69 bits per heavy atom. The molecule has 0 spiro atoms.